The van der Waals surface area contributed by atoms with Gasteiger partial charge in [0.25, 0.3) is 17.7 Å². The lowest BCUT2D eigenvalue weighted by molar-refractivity contribution is 0.0656. The van der Waals surface area contributed by atoms with E-state index in [1.54, 1.807) is 49.5 Å². The van der Waals surface area contributed by atoms with Gasteiger partial charge in [0.1, 0.15) is 5.76 Å². The molecular weight excluding hydrogens is 366 g/mol. The predicted molar refractivity (Wildman–Crippen MR) is 99.0 cm³/mol. The number of nitrogens with zero attached hydrogens (tertiary/aromatic N) is 2. The number of aryl methyl sites for hydroxylation is 1. The van der Waals surface area contributed by atoms with Crippen LogP contribution in [0, 0.1) is 6.92 Å². The summed E-state index contributed by atoms with van der Waals surface area (Å²) in [5.41, 5.74) is 0.877. The van der Waals surface area contributed by atoms with Crippen molar-refractivity contribution in [3.05, 3.63) is 70.1 Å². The Balaban J connectivity index is 1.38. The number of aromatic nitrogens is 1. The van der Waals surface area contributed by atoms with Crippen LogP contribution in [0.3, 0.4) is 0 Å². The van der Waals surface area contributed by atoms with Crippen molar-refractivity contribution in [1.29, 1.82) is 0 Å². The van der Waals surface area contributed by atoms with Gasteiger partial charge in [-0.15, -0.1) is 11.3 Å². The van der Waals surface area contributed by atoms with Crippen LogP contribution in [0.15, 0.2) is 47.0 Å². The smallest absolute Gasteiger partial charge is 0.293 e. The molecule has 3 aromatic rings. The van der Waals surface area contributed by atoms with Gasteiger partial charge in [0, 0.05) is 24.0 Å². The van der Waals surface area contributed by atoms with Crippen molar-refractivity contribution < 1.29 is 18.8 Å². The van der Waals surface area contributed by atoms with Crippen LogP contribution in [-0.2, 0) is 6.42 Å². The molecule has 3 amide bonds. The fourth-order valence-electron chi connectivity index (χ4n) is 2.86. The van der Waals surface area contributed by atoms with Crippen molar-refractivity contribution in [3.63, 3.8) is 0 Å². The maximum absolute atomic E-state index is 12.4. The molecule has 0 radical (unpaired) electrons. The van der Waals surface area contributed by atoms with E-state index < -0.39 is 0 Å². The minimum atomic E-state index is -0.371. The predicted octanol–water partition coefficient (Wildman–Crippen LogP) is 3.14. The number of hydrogen-bond acceptors (Lipinski definition) is 6. The molecule has 0 fully saturated rings. The minimum absolute atomic E-state index is 0.218. The van der Waals surface area contributed by atoms with E-state index in [4.69, 9.17) is 4.42 Å². The van der Waals surface area contributed by atoms with Crippen LogP contribution in [0.2, 0.25) is 0 Å². The Hall–Kier alpha value is -3.26. The van der Waals surface area contributed by atoms with Gasteiger partial charge in [0.05, 0.1) is 11.1 Å². The number of imide groups is 1. The number of hydrogen-bond donors (Lipinski definition) is 1. The molecule has 0 atom stereocenters. The fourth-order valence-corrected chi connectivity index (χ4v) is 3.66. The molecule has 4 rings (SSSR count). The number of carbonyl (C=O) groups excluding carboxylic acids is 3. The molecule has 2 aromatic heterocycles. The van der Waals surface area contributed by atoms with Gasteiger partial charge in [-0.1, -0.05) is 12.1 Å². The van der Waals surface area contributed by atoms with Crippen LogP contribution in [0.5, 0.6) is 0 Å². The quantitative estimate of drug-likeness (QED) is 0.686. The maximum atomic E-state index is 12.4. The molecule has 1 aliphatic heterocycles. The number of fused-ring (bicyclic) bond motifs is 1. The van der Waals surface area contributed by atoms with Crippen molar-refractivity contribution in [2.24, 2.45) is 0 Å². The molecule has 1 aromatic carbocycles. The minimum Gasteiger partial charge on any atom is -0.456 e. The monoisotopic (exact) mass is 381 g/mol. The third kappa shape index (κ3) is 3.26. The molecule has 0 spiro atoms. The van der Waals surface area contributed by atoms with E-state index in [2.05, 4.69) is 10.3 Å². The molecule has 7 nitrogen and oxygen atoms in total. The average molecular weight is 381 g/mol. The topological polar surface area (TPSA) is 92.5 Å². The SMILES string of the molecule is Cc1ccc(C(=O)Nc2ncc(CCN3C(=O)c4ccccc4C3=O)s2)o1. The van der Waals surface area contributed by atoms with Crippen molar-refractivity contribution >= 4 is 34.2 Å². The second kappa shape index (κ2) is 6.81. The first-order valence-corrected chi connectivity index (χ1v) is 9.12. The zero-order chi connectivity index (χ0) is 19.0. The van der Waals surface area contributed by atoms with Gasteiger partial charge in [0.15, 0.2) is 10.9 Å². The number of benzene rings is 1. The molecule has 0 saturated carbocycles. The van der Waals surface area contributed by atoms with Crippen molar-refractivity contribution in [2.75, 3.05) is 11.9 Å². The Morgan fingerprint density at radius 1 is 1.15 bits per heavy atom. The van der Waals surface area contributed by atoms with E-state index in [1.165, 1.54) is 16.2 Å². The molecule has 1 aliphatic rings. The highest BCUT2D eigenvalue weighted by Gasteiger charge is 2.34. The van der Waals surface area contributed by atoms with E-state index >= 15 is 0 Å². The lowest BCUT2D eigenvalue weighted by Crippen LogP contribution is -2.31. The van der Waals surface area contributed by atoms with Crippen LogP contribution in [-0.4, -0.2) is 34.2 Å². The lowest BCUT2D eigenvalue weighted by atomic mass is 10.1. The van der Waals surface area contributed by atoms with Crippen molar-refractivity contribution in [3.8, 4) is 0 Å². The van der Waals surface area contributed by atoms with Gasteiger partial charge >= 0.3 is 0 Å². The maximum Gasteiger partial charge on any atom is 0.293 e. The molecule has 27 heavy (non-hydrogen) atoms. The first-order valence-electron chi connectivity index (χ1n) is 8.30. The summed E-state index contributed by atoms with van der Waals surface area (Å²) in [6.07, 6.45) is 2.10. The first-order chi connectivity index (χ1) is 13.0. The summed E-state index contributed by atoms with van der Waals surface area (Å²) in [5, 5.41) is 3.12. The largest absolute Gasteiger partial charge is 0.456 e. The third-order valence-corrected chi connectivity index (χ3v) is 5.17. The Bertz CT molecular complexity index is 1020. The van der Waals surface area contributed by atoms with Gasteiger partial charge in [-0.3, -0.25) is 24.6 Å². The number of amides is 3. The standard InChI is InChI=1S/C19H15N3O4S/c1-11-6-7-15(26-11)16(23)21-19-20-10-12(27-19)8-9-22-17(24)13-4-2-3-5-14(13)18(22)25/h2-7,10H,8-9H2,1H3,(H,20,21,23). The number of furan rings is 1. The molecule has 0 saturated heterocycles. The molecule has 3 heterocycles. The molecule has 1 N–H and O–H groups in total. The number of rotatable bonds is 5. The zero-order valence-electron chi connectivity index (χ0n) is 14.4. The Kier molecular flexibility index (Phi) is 4.33. The molecule has 0 unspecified atom stereocenters. The van der Waals surface area contributed by atoms with Gasteiger partial charge in [-0.25, -0.2) is 4.98 Å². The number of thiazole rings is 1. The summed E-state index contributed by atoms with van der Waals surface area (Å²) < 4.78 is 5.28. The number of carbonyl (C=O) groups is 3. The van der Waals surface area contributed by atoms with E-state index in [0.717, 1.165) is 4.88 Å². The molecule has 136 valence electrons. The summed E-state index contributed by atoms with van der Waals surface area (Å²) in [6.45, 7) is 2.02. The Morgan fingerprint density at radius 3 is 2.48 bits per heavy atom. The lowest BCUT2D eigenvalue weighted by Gasteiger charge is -2.12. The molecule has 0 bridgehead atoms. The second-order valence-electron chi connectivity index (χ2n) is 6.05. The van der Waals surface area contributed by atoms with Gasteiger partial charge in [-0.2, -0.15) is 0 Å². The number of nitrogens with one attached hydrogen (secondary N) is 1. The third-order valence-electron chi connectivity index (χ3n) is 4.20. The average Bonchev–Trinajstić information content (AvgIpc) is 3.35. The van der Waals surface area contributed by atoms with Crippen LogP contribution in [0.25, 0.3) is 0 Å². The van der Waals surface area contributed by atoms with Crippen molar-refractivity contribution in [1.82, 2.24) is 9.88 Å². The zero-order valence-corrected chi connectivity index (χ0v) is 15.2. The van der Waals surface area contributed by atoms with E-state index in [-0.39, 0.29) is 30.0 Å². The van der Waals surface area contributed by atoms with E-state index in [1.807, 2.05) is 0 Å². The first kappa shape index (κ1) is 17.2. The van der Waals surface area contributed by atoms with Crippen LogP contribution in [0.1, 0.15) is 41.9 Å². The second-order valence-corrected chi connectivity index (χ2v) is 7.17. The van der Waals surface area contributed by atoms with Crippen LogP contribution >= 0.6 is 11.3 Å². The summed E-state index contributed by atoms with van der Waals surface area (Å²) >= 11 is 1.30. The fraction of sp³-hybridized carbons (Fsp3) is 0.158. The van der Waals surface area contributed by atoms with E-state index in [9.17, 15) is 14.4 Å². The summed E-state index contributed by atoms with van der Waals surface area (Å²) in [7, 11) is 0. The molecule has 8 heteroatoms. The normalized spacial score (nSPS) is 13.1. The summed E-state index contributed by atoms with van der Waals surface area (Å²) in [6, 6.07) is 10.1. The highest BCUT2D eigenvalue weighted by molar-refractivity contribution is 7.15. The van der Waals surface area contributed by atoms with Gasteiger partial charge in [-0.05, 0) is 31.2 Å². The molecule has 0 aliphatic carbocycles. The highest BCUT2D eigenvalue weighted by atomic mass is 32.1. The van der Waals surface area contributed by atoms with Crippen LogP contribution < -0.4 is 5.32 Å². The number of anilines is 1. The van der Waals surface area contributed by atoms with Gasteiger partial charge in [0.2, 0.25) is 0 Å². The summed E-state index contributed by atoms with van der Waals surface area (Å²) in [4.78, 5) is 43.1. The Labute approximate surface area is 158 Å². The highest BCUT2D eigenvalue weighted by Crippen LogP contribution is 2.24. The summed E-state index contributed by atoms with van der Waals surface area (Å²) in [5.74, 6) is -0.0517. The van der Waals surface area contributed by atoms with Crippen LogP contribution in [0.4, 0.5) is 5.13 Å². The van der Waals surface area contributed by atoms with Crippen molar-refractivity contribution in [2.45, 2.75) is 13.3 Å². The van der Waals surface area contributed by atoms with E-state index in [0.29, 0.717) is 28.4 Å². The Morgan fingerprint density at radius 2 is 1.85 bits per heavy atom. The molecular formula is C19H15N3O4S. The van der Waals surface area contributed by atoms with Gasteiger partial charge < -0.3 is 4.42 Å².